The summed E-state index contributed by atoms with van der Waals surface area (Å²) >= 11 is 0. The van der Waals surface area contributed by atoms with Gasteiger partial charge >= 0.3 is 7.12 Å². The van der Waals surface area contributed by atoms with Crippen molar-refractivity contribution >= 4 is 12.6 Å². The van der Waals surface area contributed by atoms with Gasteiger partial charge in [0, 0.05) is 0 Å². The molecule has 5 aromatic rings. The molecule has 0 radical (unpaired) electrons. The molecule has 5 atom stereocenters. The summed E-state index contributed by atoms with van der Waals surface area (Å²) in [5.74, 6) is 0. The Hall–Kier alpha value is -4.12. The van der Waals surface area contributed by atoms with Crippen molar-refractivity contribution in [1.82, 2.24) is 0 Å². The Morgan fingerprint density at radius 2 is 0.889 bits per heavy atom. The molecule has 0 bridgehead atoms. The molecule has 0 N–H and O–H groups in total. The lowest BCUT2D eigenvalue weighted by Crippen LogP contribution is -2.58. The molecule has 8 heteroatoms. The third-order valence-corrected chi connectivity index (χ3v) is 10.7. The number of ether oxygens (including phenoxy) is 5. The minimum Gasteiger partial charge on any atom is -0.399 e. The highest BCUT2D eigenvalue weighted by Gasteiger charge is 2.52. The lowest BCUT2D eigenvalue weighted by Gasteiger charge is -2.46. The molecular weight excluding hydrogens is 675 g/mol. The van der Waals surface area contributed by atoms with Crippen molar-refractivity contribution in [2.24, 2.45) is 0 Å². The number of benzene rings is 5. The first-order valence-corrected chi connectivity index (χ1v) is 18.9. The van der Waals surface area contributed by atoms with E-state index in [-0.39, 0.29) is 0 Å². The van der Waals surface area contributed by atoms with E-state index in [2.05, 4.69) is 100 Å². The van der Waals surface area contributed by atoms with E-state index in [0.29, 0.717) is 33.0 Å². The first-order chi connectivity index (χ1) is 26.3. The van der Waals surface area contributed by atoms with E-state index in [1.165, 1.54) is 0 Å². The van der Waals surface area contributed by atoms with Gasteiger partial charge in [0.05, 0.1) is 44.2 Å². The van der Waals surface area contributed by atoms with Crippen LogP contribution in [0.15, 0.2) is 146 Å². The molecule has 280 valence electrons. The molecule has 2 aliphatic rings. The van der Waals surface area contributed by atoms with E-state index >= 15 is 0 Å². The van der Waals surface area contributed by atoms with Gasteiger partial charge in [0.1, 0.15) is 30.5 Å². The van der Waals surface area contributed by atoms with Crippen molar-refractivity contribution in [2.75, 3.05) is 6.61 Å². The molecule has 0 aliphatic carbocycles. The van der Waals surface area contributed by atoms with Crippen LogP contribution in [0.25, 0.3) is 0 Å². The zero-order valence-electron chi connectivity index (χ0n) is 31.7. The first-order valence-electron chi connectivity index (χ1n) is 18.9. The lowest BCUT2D eigenvalue weighted by atomic mass is 9.78. The highest BCUT2D eigenvalue weighted by atomic mass is 16.7. The van der Waals surface area contributed by atoms with E-state index in [4.69, 9.17) is 33.0 Å². The van der Waals surface area contributed by atoms with Gasteiger partial charge in [-0.3, -0.25) is 0 Å². The third kappa shape index (κ3) is 9.39. The van der Waals surface area contributed by atoms with Crippen molar-refractivity contribution in [3.8, 4) is 0 Å². The maximum Gasteiger partial charge on any atom is 0.494 e. The third-order valence-electron chi connectivity index (χ3n) is 10.7. The van der Waals surface area contributed by atoms with Crippen molar-refractivity contribution < 1.29 is 33.0 Å². The predicted molar refractivity (Wildman–Crippen MR) is 211 cm³/mol. The average molecular weight is 727 g/mol. The fourth-order valence-corrected chi connectivity index (χ4v) is 6.88. The summed E-state index contributed by atoms with van der Waals surface area (Å²) in [6.07, 6.45) is -2.51. The Balaban J connectivity index is 1.23. The quantitative estimate of drug-likeness (QED) is 0.101. The normalized spacial score (nSPS) is 23.3. The number of hydrogen-bond donors (Lipinski definition) is 0. The average Bonchev–Trinajstić information content (AvgIpc) is 3.43. The Morgan fingerprint density at radius 3 is 1.35 bits per heavy atom. The maximum absolute atomic E-state index is 7.11. The van der Waals surface area contributed by atoms with Gasteiger partial charge in [0.15, 0.2) is 0 Å². The van der Waals surface area contributed by atoms with Gasteiger partial charge in [-0.25, -0.2) is 0 Å². The molecule has 0 aromatic heterocycles. The molecule has 54 heavy (non-hydrogen) atoms. The molecule has 0 amide bonds. The monoisotopic (exact) mass is 726 g/mol. The van der Waals surface area contributed by atoms with Crippen LogP contribution in [0.3, 0.4) is 0 Å². The zero-order chi connectivity index (χ0) is 37.4. The highest BCUT2D eigenvalue weighted by molar-refractivity contribution is 6.62. The van der Waals surface area contributed by atoms with Crippen LogP contribution >= 0.6 is 0 Å². The smallest absolute Gasteiger partial charge is 0.399 e. The summed E-state index contributed by atoms with van der Waals surface area (Å²) in [6.45, 7) is 10.2. The Morgan fingerprint density at radius 1 is 0.481 bits per heavy atom. The van der Waals surface area contributed by atoms with Crippen molar-refractivity contribution in [1.29, 1.82) is 0 Å². The van der Waals surface area contributed by atoms with Crippen LogP contribution in [0.2, 0.25) is 0 Å². The van der Waals surface area contributed by atoms with Crippen LogP contribution in [0.1, 0.15) is 61.6 Å². The number of hydrogen-bond acceptors (Lipinski definition) is 7. The molecule has 2 aliphatic heterocycles. The molecular formula is C46H51BO7. The van der Waals surface area contributed by atoms with Gasteiger partial charge in [-0.05, 0) is 61.0 Å². The van der Waals surface area contributed by atoms with Gasteiger partial charge in [-0.2, -0.15) is 0 Å². The summed E-state index contributed by atoms with van der Waals surface area (Å²) in [7, 11) is -0.474. The molecule has 5 aromatic carbocycles. The van der Waals surface area contributed by atoms with E-state index in [1.54, 1.807) is 0 Å². The van der Waals surface area contributed by atoms with E-state index in [0.717, 1.165) is 33.3 Å². The molecule has 2 heterocycles. The van der Waals surface area contributed by atoms with E-state index in [9.17, 15) is 0 Å². The first kappa shape index (κ1) is 38.2. The van der Waals surface area contributed by atoms with Crippen molar-refractivity contribution in [2.45, 2.75) is 95.8 Å². The fraction of sp³-hybridized carbons (Fsp3) is 0.348. The molecule has 7 rings (SSSR count). The molecule has 2 fully saturated rings. The summed E-state index contributed by atoms with van der Waals surface area (Å²) in [5.41, 5.74) is 5.29. The van der Waals surface area contributed by atoms with E-state index in [1.807, 2.05) is 72.8 Å². The minimum atomic E-state index is -0.525. The maximum atomic E-state index is 7.11. The molecule has 0 unspecified atom stereocenters. The Labute approximate surface area is 320 Å². The van der Waals surface area contributed by atoms with Crippen LogP contribution in [0, 0.1) is 0 Å². The second-order valence-corrected chi connectivity index (χ2v) is 15.1. The summed E-state index contributed by atoms with van der Waals surface area (Å²) in [4.78, 5) is 0. The zero-order valence-corrected chi connectivity index (χ0v) is 31.7. The highest BCUT2D eigenvalue weighted by Crippen LogP contribution is 2.40. The predicted octanol–water partition coefficient (Wildman–Crippen LogP) is 8.40. The minimum absolute atomic E-state index is 0.299. The van der Waals surface area contributed by atoms with Crippen molar-refractivity contribution in [3.05, 3.63) is 173 Å². The molecule has 0 spiro atoms. The largest absolute Gasteiger partial charge is 0.494 e. The molecule has 0 saturated carbocycles. The SMILES string of the molecule is CC1(C)OB(c2ccc([C@@H]3O[C@H](COCc4ccccc4)[C@@H](OCc4ccccc4)[C@H](OCc4ccccc4)[C@H]3OCc3ccccc3)cc2)OC1(C)C. The summed E-state index contributed by atoms with van der Waals surface area (Å²) in [5, 5.41) is 0. The molecule has 2 saturated heterocycles. The fourth-order valence-electron chi connectivity index (χ4n) is 6.88. The van der Waals surface area contributed by atoms with Crippen LogP contribution in [0.4, 0.5) is 0 Å². The second kappa shape index (κ2) is 17.6. The van der Waals surface area contributed by atoms with Crippen molar-refractivity contribution in [3.63, 3.8) is 0 Å². The Bertz CT molecular complexity index is 1840. The van der Waals surface area contributed by atoms with Gasteiger partial charge in [-0.1, -0.05) is 146 Å². The topological polar surface area (TPSA) is 64.6 Å². The summed E-state index contributed by atoms with van der Waals surface area (Å²) < 4.78 is 46.9. The van der Waals surface area contributed by atoms with Gasteiger partial charge < -0.3 is 33.0 Å². The molecule has 7 nitrogen and oxygen atoms in total. The second-order valence-electron chi connectivity index (χ2n) is 15.1. The van der Waals surface area contributed by atoms with Crippen LogP contribution in [0.5, 0.6) is 0 Å². The van der Waals surface area contributed by atoms with Gasteiger partial charge in [-0.15, -0.1) is 0 Å². The lowest BCUT2D eigenvalue weighted by molar-refractivity contribution is -0.275. The van der Waals surface area contributed by atoms with Crippen LogP contribution in [-0.2, 0) is 59.4 Å². The standard InChI is InChI=1S/C46H51BO7/c1-45(2)46(3,4)54-47(53-45)39-27-25-38(26-28-39)41-43(50-31-36-21-13-7-14-22-36)44(51-32-37-23-15-8-16-24-37)42(49-30-35-19-11-6-12-20-35)40(52-41)33-48-29-34-17-9-5-10-18-34/h5-28,40-44H,29-33H2,1-4H3/t40-,41+,42-,43+,44+/m1/s1. The van der Waals surface area contributed by atoms with Gasteiger partial charge in [0.25, 0.3) is 0 Å². The van der Waals surface area contributed by atoms with Crippen LogP contribution in [-0.4, -0.2) is 49.3 Å². The van der Waals surface area contributed by atoms with Gasteiger partial charge in [0.2, 0.25) is 0 Å². The number of rotatable bonds is 15. The summed E-state index contributed by atoms with van der Waals surface area (Å²) in [6, 6.07) is 49.1. The van der Waals surface area contributed by atoms with E-state index < -0.39 is 48.8 Å². The Kier molecular flexibility index (Phi) is 12.4. The van der Waals surface area contributed by atoms with Crippen LogP contribution < -0.4 is 5.46 Å².